The first-order chi connectivity index (χ1) is 7.15. The average Bonchev–Trinajstić information content (AvgIpc) is 2.16. The molecule has 1 saturated heterocycles. The molecule has 1 rings (SSSR count). The molecule has 0 aromatic carbocycles. The molecule has 0 spiro atoms. The summed E-state index contributed by atoms with van der Waals surface area (Å²) in [4.78, 5) is 0. The van der Waals surface area contributed by atoms with E-state index in [-0.39, 0.29) is 19.4 Å². The van der Waals surface area contributed by atoms with E-state index >= 15 is 0 Å². The highest BCUT2D eigenvalue weighted by Crippen LogP contribution is 2.34. The molecule has 0 aromatic heterocycles. The van der Waals surface area contributed by atoms with Crippen LogP contribution in [0.4, 0.5) is 13.2 Å². The normalized spacial score (nSPS) is 25.0. The van der Waals surface area contributed by atoms with Crippen molar-refractivity contribution < 1.29 is 21.6 Å². The van der Waals surface area contributed by atoms with E-state index in [1.165, 1.54) is 13.8 Å². The molecule has 1 fully saturated rings. The van der Waals surface area contributed by atoms with Gasteiger partial charge in [-0.3, -0.25) is 0 Å². The Morgan fingerprint density at radius 2 is 1.88 bits per heavy atom. The van der Waals surface area contributed by atoms with E-state index in [9.17, 15) is 21.6 Å². The second-order valence-electron chi connectivity index (χ2n) is 4.33. The Hall–Kier alpha value is -0.300. The molecular weight excluding hydrogens is 243 g/mol. The van der Waals surface area contributed by atoms with Crippen LogP contribution in [-0.2, 0) is 10.0 Å². The van der Waals surface area contributed by atoms with Gasteiger partial charge in [-0.05, 0) is 26.7 Å². The van der Waals surface area contributed by atoms with Crippen LogP contribution in [0.1, 0.15) is 26.7 Å². The maximum Gasteiger partial charge on any atom is 0.393 e. The van der Waals surface area contributed by atoms with Crippen LogP contribution in [0.3, 0.4) is 0 Å². The standard InChI is InChI=1S/C9H16F3NO2S/c1-7(2)16(14,15)13-5-3-4-8(6-13)9(10,11)12/h7-8H,3-6H2,1-2H3/t8-/m0/s1. The van der Waals surface area contributed by atoms with Crippen LogP contribution < -0.4 is 0 Å². The smallest absolute Gasteiger partial charge is 0.212 e. The van der Waals surface area contributed by atoms with Gasteiger partial charge < -0.3 is 0 Å². The molecule has 0 bridgehead atoms. The zero-order valence-electron chi connectivity index (χ0n) is 9.29. The summed E-state index contributed by atoms with van der Waals surface area (Å²) in [5.74, 6) is -1.52. The van der Waals surface area contributed by atoms with Gasteiger partial charge in [0.25, 0.3) is 0 Å². The van der Waals surface area contributed by atoms with Gasteiger partial charge in [0.15, 0.2) is 0 Å². The Morgan fingerprint density at radius 3 is 2.31 bits per heavy atom. The van der Waals surface area contributed by atoms with Gasteiger partial charge in [-0.2, -0.15) is 13.2 Å². The van der Waals surface area contributed by atoms with E-state index in [1.54, 1.807) is 0 Å². The maximum absolute atomic E-state index is 12.5. The van der Waals surface area contributed by atoms with Gasteiger partial charge in [0.2, 0.25) is 10.0 Å². The summed E-state index contributed by atoms with van der Waals surface area (Å²) >= 11 is 0. The lowest BCUT2D eigenvalue weighted by atomic mass is 9.99. The third kappa shape index (κ3) is 2.88. The van der Waals surface area contributed by atoms with E-state index in [0.29, 0.717) is 0 Å². The van der Waals surface area contributed by atoms with Gasteiger partial charge >= 0.3 is 6.18 Å². The molecule has 0 aliphatic carbocycles. The third-order valence-corrected chi connectivity index (χ3v) is 5.05. The first kappa shape index (κ1) is 13.8. The van der Waals surface area contributed by atoms with Crippen molar-refractivity contribution in [1.29, 1.82) is 0 Å². The minimum absolute atomic E-state index is 0.0214. The van der Waals surface area contributed by atoms with Crippen molar-refractivity contribution in [2.75, 3.05) is 13.1 Å². The molecule has 1 aliphatic heterocycles. The molecular formula is C9H16F3NO2S. The highest BCUT2D eigenvalue weighted by Gasteiger charge is 2.44. The largest absolute Gasteiger partial charge is 0.393 e. The fourth-order valence-corrected chi connectivity index (χ4v) is 3.11. The van der Waals surface area contributed by atoms with Crippen molar-refractivity contribution in [3.8, 4) is 0 Å². The Balaban J connectivity index is 2.79. The summed E-state index contributed by atoms with van der Waals surface area (Å²) < 4.78 is 61.9. The quantitative estimate of drug-likeness (QED) is 0.760. The molecule has 0 radical (unpaired) electrons. The molecule has 1 aliphatic rings. The fourth-order valence-electron chi connectivity index (χ4n) is 1.74. The highest BCUT2D eigenvalue weighted by atomic mass is 32.2. The monoisotopic (exact) mass is 259 g/mol. The predicted octanol–water partition coefficient (Wildman–Crippen LogP) is 2.00. The van der Waals surface area contributed by atoms with Crippen LogP contribution in [0.25, 0.3) is 0 Å². The number of sulfonamides is 1. The molecule has 1 heterocycles. The highest BCUT2D eigenvalue weighted by molar-refractivity contribution is 7.89. The van der Waals surface area contributed by atoms with Gasteiger partial charge in [0.05, 0.1) is 11.2 Å². The Kier molecular flexibility index (Phi) is 3.89. The second kappa shape index (κ2) is 4.52. The fraction of sp³-hybridized carbons (Fsp3) is 1.00. The number of hydrogen-bond acceptors (Lipinski definition) is 2. The van der Waals surface area contributed by atoms with Gasteiger partial charge in [-0.15, -0.1) is 0 Å². The van der Waals surface area contributed by atoms with Crippen molar-refractivity contribution in [2.45, 2.75) is 38.1 Å². The van der Waals surface area contributed by atoms with Crippen LogP contribution in [0.5, 0.6) is 0 Å². The first-order valence-corrected chi connectivity index (χ1v) is 6.71. The van der Waals surface area contributed by atoms with Gasteiger partial charge in [-0.1, -0.05) is 0 Å². The molecule has 0 N–H and O–H groups in total. The molecule has 96 valence electrons. The summed E-state index contributed by atoms with van der Waals surface area (Å²) in [5, 5.41) is -0.667. The van der Waals surface area contributed by atoms with Gasteiger partial charge in [0, 0.05) is 13.1 Å². The van der Waals surface area contributed by atoms with Crippen molar-refractivity contribution >= 4 is 10.0 Å². The average molecular weight is 259 g/mol. The maximum atomic E-state index is 12.5. The third-order valence-electron chi connectivity index (χ3n) is 2.80. The van der Waals surface area contributed by atoms with Crippen molar-refractivity contribution in [2.24, 2.45) is 5.92 Å². The summed E-state index contributed by atoms with van der Waals surface area (Å²) in [6.07, 6.45) is -4.01. The molecule has 3 nitrogen and oxygen atoms in total. The molecule has 0 aromatic rings. The van der Waals surface area contributed by atoms with Crippen LogP contribution >= 0.6 is 0 Å². The van der Waals surface area contributed by atoms with E-state index in [2.05, 4.69) is 0 Å². The van der Waals surface area contributed by atoms with Crippen molar-refractivity contribution in [3.63, 3.8) is 0 Å². The number of hydrogen-bond donors (Lipinski definition) is 0. The Bertz CT molecular complexity index is 337. The molecule has 0 saturated carbocycles. The lowest BCUT2D eigenvalue weighted by Gasteiger charge is -2.33. The van der Waals surface area contributed by atoms with Gasteiger partial charge in [0.1, 0.15) is 0 Å². The zero-order valence-corrected chi connectivity index (χ0v) is 10.1. The molecule has 1 atom stereocenters. The molecule has 16 heavy (non-hydrogen) atoms. The van der Waals surface area contributed by atoms with Crippen LogP contribution in [0.2, 0.25) is 0 Å². The summed E-state index contributed by atoms with van der Waals surface area (Å²) in [7, 11) is -3.56. The second-order valence-corrected chi connectivity index (χ2v) is 6.82. The van der Waals surface area contributed by atoms with E-state index in [0.717, 1.165) is 4.31 Å². The Morgan fingerprint density at radius 1 is 1.31 bits per heavy atom. The SMILES string of the molecule is CC(C)S(=O)(=O)N1CCC[C@H](C(F)(F)F)C1. The molecule has 7 heteroatoms. The first-order valence-electron chi connectivity index (χ1n) is 5.21. The van der Waals surface area contributed by atoms with E-state index < -0.39 is 33.9 Å². The van der Waals surface area contributed by atoms with Crippen LogP contribution in [0, 0.1) is 5.92 Å². The lowest BCUT2D eigenvalue weighted by Crippen LogP contribution is -2.46. The van der Waals surface area contributed by atoms with Crippen molar-refractivity contribution in [1.82, 2.24) is 4.31 Å². The number of halogens is 3. The number of alkyl halides is 3. The molecule has 0 amide bonds. The minimum atomic E-state index is -4.30. The van der Waals surface area contributed by atoms with Crippen LogP contribution in [0.15, 0.2) is 0 Å². The predicted molar refractivity (Wildman–Crippen MR) is 54.4 cm³/mol. The number of nitrogens with zero attached hydrogens (tertiary/aromatic N) is 1. The lowest BCUT2D eigenvalue weighted by molar-refractivity contribution is -0.182. The topological polar surface area (TPSA) is 37.4 Å². The van der Waals surface area contributed by atoms with E-state index in [4.69, 9.17) is 0 Å². The number of rotatable bonds is 2. The molecule has 0 unspecified atom stereocenters. The summed E-state index contributed by atoms with van der Waals surface area (Å²) in [6, 6.07) is 0. The summed E-state index contributed by atoms with van der Waals surface area (Å²) in [6.45, 7) is 2.73. The number of piperidine rings is 1. The van der Waals surface area contributed by atoms with E-state index in [1.807, 2.05) is 0 Å². The minimum Gasteiger partial charge on any atom is -0.212 e. The Labute approximate surface area is 93.7 Å². The zero-order chi connectivity index (χ0) is 12.6. The van der Waals surface area contributed by atoms with Gasteiger partial charge in [-0.25, -0.2) is 12.7 Å². The summed E-state index contributed by atoms with van der Waals surface area (Å²) in [5.41, 5.74) is 0. The van der Waals surface area contributed by atoms with Crippen LogP contribution in [-0.4, -0.2) is 37.2 Å². The van der Waals surface area contributed by atoms with Crippen molar-refractivity contribution in [3.05, 3.63) is 0 Å².